The molecule has 5 rings (SSSR count). The average Bonchev–Trinajstić information content (AvgIpc) is 3.01. The number of nitrogens with one attached hydrogen (secondary N) is 1. The van der Waals surface area contributed by atoms with Gasteiger partial charge in [0.25, 0.3) is 5.56 Å². The molecule has 0 saturated carbocycles. The lowest BCUT2D eigenvalue weighted by Crippen LogP contribution is -2.49. The zero-order valence-corrected chi connectivity index (χ0v) is 15.9. The third-order valence-corrected chi connectivity index (χ3v) is 6.36. The third-order valence-electron chi connectivity index (χ3n) is 6.36. The second-order valence-corrected chi connectivity index (χ2v) is 8.10. The molecule has 27 heavy (non-hydrogen) atoms. The standard InChI is InChI=1S/C19H28N4O4/c1-21-18(25)14(9-20-19(21)26)8-17(24)23-11-13-2-3-16(23)12-22(10-13)15-4-6-27-7-5-15/h9,13,15-16H,2-8,10-12H2,1H3,(H,20,26)/t13-,16+/m0/s1. The maximum Gasteiger partial charge on any atom is 0.328 e. The Bertz CT molecular complexity index is 811. The fourth-order valence-corrected chi connectivity index (χ4v) is 4.78. The lowest BCUT2D eigenvalue weighted by molar-refractivity contribution is -0.134. The Morgan fingerprint density at radius 3 is 2.67 bits per heavy atom. The molecule has 8 heteroatoms. The van der Waals surface area contributed by atoms with Gasteiger partial charge >= 0.3 is 5.69 Å². The number of piperidine rings is 1. The topological polar surface area (TPSA) is 87.6 Å². The van der Waals surface area contributed by atoms with Gasteiger partial charge in [0.15, 0.2) is 0 Å². The van der Waals surface area contributed by atoms with Crippen LogP contribution < -0.4 is 11.2 Å². The molecule has 8 nitrogen and oxygen atoms in total. The number of nitrogens with zero attached hydrogens (tertiary/aromatic N) is 3. The highest BCUT2D eigenvalue weighted by molar-refractivity contribution is 5.79. The van der Waals surface area contributed by atoms with E-state index in [1.165, 1.54) is 13.2 Å². The number of rotatable bonds is 3. The van der Waals surface area contributed by atoms with Crippen LogP contribution in [0.3, 0.4) is 0 Å². The number of hydrogen-bond donors (Lipinski definition) is 1. The molecule has 0 radical (unpaired) electrons. The second-order valence-electron chi connectivity index (χ2n) is 8.10. The van der Waals surface area contributed by atoms with Crippen LogP contribution in [0, 0.1) is 5.92 Å². The monoisotopic (exact) mass is 376 g/mol. The molecule has 4 aliphatic heterocycles. The normalized spacial score (nSPS) is 26.9. The van der Waals surface area contributed by atoms with Crippen molar-refractivity contribution in [2.24, 2.45) is 13.0 Å². The first-order valence-electron chi connectivity index (χ1n) is 9.92. The molecule has 4 fully saturated rings. The smallest absolute Gasteiger partial charge is 0.328 e. The van der Waals surface area contributed by atoms with E-state index >= 15 is 0 Å². The lowest BCUT2D eigenvalue weighted by atomic mass is 9.94. The number of carbonyl (C=O) groups is 1. The van der Waals surface area contributed by atoms with E-state index in [2.05, 4.69) is 9.88 Å². The molecule has 4 aliphatic rings. The number of carbonyl (C=O) groups excluding carboxylic acids is 1. The minimum Gasteiger partial charge on any atom is -0.381 e. The Balaban J connectivity index is 1.48. The molecule has 1 amide bonds. The molecule has 0 aromatic carbocycles. The van der Waals surface area contributed by atoms with E-state index in [4.69, 9.17) is 4.74 Å². The SMILES string of the molecule is Cn1c(=O)[nH]cc(CC(=O)N2C[C@H]3CC[C@@H]2CN(C2CCOCC2)C3)c1=O. The Kier molecular flexibility index (Phi) is 5.19. The summed E-state index contributed by atoms with van der Waals surface area (Å²) in [6, 6.07) is 0.772. The van der Waals surface area contributed by atoms with Crippen molar-refractivity contribution in [3.8, 4) is 0 Å². The first-order chi connectivity index (χ1) is 13.0. The van der Waals surface area contributed by atoms with Crippen LogP contribution >= 0.6 is 0 Å². The number of aromatic nitrogens is 2. The van der Waals surface area contributed by atoms with Crippen LogP contribution in [-0.2, 0) is 23.0 Å². The summed E-state index contributed by atoms with van der Waals surface area (Å²) in [6.07, 6.45) is 5.76. The van der Waals surface area contributed by atoms with E-state index in [-0.39, 0.29) is 18.4 Å². The molecule has 1 aromatic rings. The van der Waals surface area contributed by atoms with E-state index in [1.54, 1.807) is 0 Å². The third kappa shape index (κ3) is 3.73. The number of hydrogen-bond acceptors (Lipinski definition) is 5. The molecule has 0 unspecified atom stereocenters. The average molecular weight is 376 g/mol. The number of amides is 1. The summed E-state index contributed by atoms with van der Waals surface area (Å²) in [4.78, 5) is 43.8. The summed E-state index contributed by atoms with van der Waals surface area (Å²) in [7, 11) is 1.43. The highest BCUT2D eigenvalue weighted by atomic mass is 16.5. The Morgan fingerprint density at radius 2 is 1.89 bits per heavy atom. The van der Waals surface area contributed by atoms with Gasteiger partial charge in [-0.3, -0.25) is 19.1 Å². The summed E-state index contributed by atoms with van der Waals surface area (Å²) in [6.45, 7) is 4.39. The molecule has 148 valence electrons. The minimum atomic E-state index is -0.461. The van der Waals surface area contributed by atoms with E-state index in [9.17, 15) is 14.4 Å². The van der Waals surface area contributed by atoms with Crippen LogP contribution in [0.1, 0.15) is 31.2 Å². The van der Waals surface area contributed by atoms with Crippen LogP contribution in [-0.4, -0.2) is 70.2 Å². The van der Waals surface area contributed by atoms with Crippen LogP contribution in [0.25, 0.3) is 0 Å². The minimum absolute atomic E-state index is 0.0114. The molecule has 4 saturated heterocycles. The zero-order valence-electron chi connectivity index (χ0n) is 15.9. The van der Waals surface area contributed by atoms with Crippen molar-refractivity contribution in [2.75, 3.05) is 32.8 Å². The first-order valence-corrected chi connectivity index (χ1v) is 9.92. The van der Waals surface area contributed by atoms with Crippen molar-refractivity contribution in [1.29, 1.82) is 0 Å². The van der Waals surface area contributed by atoms with Gasteiger partial charge in [0.2, 0.25) is 5.91 Å². The molecule has 5 heterocycles. The largest absolute Gasteiger partial charge is 0.381 e. The maximum atomic E-state index is 13.0. The molecule has 2 atom stereocenters. The van der Waals surface area contributed by atoms with Crippen molar-refractivity contribution in [3.05, 3.63) is 32.6 Å². The van der Waals surface area contributed by atoms with Gasteiger partial charge in [-0.1, -0.05) is 0 Å². The van der Waals surface area contributed by atoms with Crippen molar-refractivity contribution in [3.63, 3.8) is 0 Å². The van der Waals surface area contributed by atoms with Crippen molar-refractivity contribution in [1.82, 2.24) is 19.4 Å². The fourth-order valence-electron chi connectivity index (χ4n) is 4.78. The molecule has 0 spiro atoms. The summed E-state index contributed by atoms with van der Waals surface area (Å²) in [5, 5.41) is 0. The Morgan fingerprint density at radius 1 is 1.11 bits per heavy atom. The summed E-state index contributed by atoms with van der Waals surface area (Å²) in [5.41, 5.74) is -0.503. The first kappa shape index (κ1) is 18.4. The van der Waals surface area contributed by atoms with E-state index < -0.39 is 11.2 Å². The van der Waals surface area contributed by atoms with Gasteiger partial charge in [0.05, 0.1) is 6.42 Å². The predicted molar refractivity (Wildman–Crippen MR) is 99.6 cm³/mol. The summed E-state index contributed by atoms with van der Waals surface area (Å²) in [5.74, 6) is 0.483. The summed E-state index contributed by atoms with van der Waals surface area (Å²) < 4.78 is 6.52. The van der Waals surface area contributed by atoms with Gasteiger partial charge in [-0.05, 0) is 31.6 Å². The zero-order chi connectivity index (χ0) is 19.0. The number of aromatic amines is 1. The van der Waals surface area contributed by atoms with E-state index in [0.717, 1.165) is 63.1 Å². The van der Waals surface area contributed by atoms with Gasteiger partial charge in [-0.25, -0.2) is 4.79 Å². The van der Waals surface area contributed by atoms with Gasteiger partial charge in [0.1, 0.15) is 0 Å². The van der Waals surface area contributed by atoms with Crippen molar-refractivity contribution < 1.29 is 9.53 Å². The number of ether oxygens (including phenoxy) is 1. The van der Waals surface area contributed by atoms with E-state index in [1.807, 2.05) is 4.90 Å². The van der Waals surface area contributed by atoms with Gasteiger partial charge in [-0.2, -0.15) is 0 Å². The summed E-state index contributed by atoms with van der Waals surface area (Å²) >= 11 is 0. The highest BCUT2D eigenvalue weighted by Crippen LogP contribution is 2.31. The van der Waals surface area contributed by atoms with Crippen molar-refractivity contribution in [2.45, 2.75) is 44.2 Å². The van der Waals surface area contributed by atoms with Gasteiger partial charge in [-0.15, -0.1) is 0 Å². The van der Waals surface area contributed by atoms with Crippen molar-refractivity contribution >= 4 is 5.91 Å². The van der Waals surface area contributed by atoms with Crippen LogP contribution in [0.5, 0.6) is 0 Å². The molecular formula is C19H28N4O4. The Labute approximate surface area is 158 Å². The molecule has 0 aliphatic carbocycles. The predicted octanol–water partition coefficient (Wildman–Crippen LogP) is -0.282. The van der Waals surface area contributed by atoms with Crippen LogP contribution in [0.2, 0.25) is 0 Å². The quantitative estimate of drug-likeness (QED) is 0.784. The Hall–Kier alpha value is -1.93. The maximum absolute atomic E-state index is 13.0. The van der Waals surface area contributed by atoms with Gasteiger partial charge < -0.3 is 14.6 Å². The van der Waals surface area contributed by atoms with Gasteiger partial charge in [0, 0.05) is 63.7 Å². The molecule has 1 N–H and O–H groups in total. The molecule has 2 bridgehead atoms. The highest BCUT2D eigenvalue weighted by Gasteiger charge is 2.39. The molecule has 1 aromatic heterocycles. The van der Waals surface area contributed by atoms with Crippen LogP contribution in [0.15, 0.2) is 15.8 Å². The van der Waals surface area contributed by atoms with E-state index in [0.29, 0.717) is 17.5 Å². The van der Waals surface area contributed by atoms with Crippen LogP contribution in [0.4, 0.5) is 0 Å². The number of fused-ring (bicyclic) bond motifs is 4. The second kappa shape index (κ2) is 7.59. The number of H-pyrrole nitrogens is 1. The fraction of sp³-hybridized carbons (Fsp3) is 0.737. The lowest BCUT2D eigenvalue weighted by Gasteiger charge is -2.37. The molecular weight excluding hydrogens is 348 g/mol.